The van der Waals surface area contributed by atoms with Crippen LogP contribution >= 0.6 is 0 Å². The normalized spacial score (nSPS) is 9.62. The van der Waals surface area contributed by atoms with Crippen LogP contribution in [-0.2, 0) is 9.59 Å². The molecule has 0 aliphatic rings. The van der Waals surface area contributed by atoms with Crippen LogP contribution in [0.1, 0.15) is 45.7 Å². The Bertz CT molecular complexity index is 486. The smallest absolute Gasteiger partial charge is 0.235 e. The average Bonchev–Trinajstić information content (AvgIpc) is 2.26. The van der Waals surface area contributed by atoms with Gasteiger partial charge >= 0.3 is 0 Å². The quantitative estimate of drug-likeness (QED) is 0.704. The van der Waals surface area contributed by atoms with Crippen molar-refractivity contribution in [1.29, 1.82) is 0 Å². The van der Waals surface area contributed by atoms with Crippen molar-refractivity contribution >= 4 is 24.1 Å². The third kappa shape index (κ3) is 1.95. The van der Waals surface area contributed by atoms with Crippen LogP contribution in [0.15, 0.2) is 12.1 Å². The molecule has 0 N–H and O–H groups in total. The Balaban J connectivity index is 3.69. The summed E-state index contributed by atoms with van der Waals surface area (Å²) in [7, 11) is 0. The first kappa shape index (κ1) is 12.0. The lowest BCUT2D eigenvalue weighted by atomic mass is 9.93. The Kier molecular flexibility index (Phi) is 3.45. The van der Waals surface area contributed by atoms with Crippen LogP contribution < -0.4 is 0 Å². The van der Waals surface area contributed by atoms with Gasteiger partial charge in [0.2, 0.25) is 12.6 Å². The predicted octanol–water partition coefficient (Wildman–Crippen LogP) is 1.01. The monoisotopic (exact) mass is 216 g/mol. The van der Waals surface area contributed by atoms with Crippen molar-refractivity contribution in [1.82, 2.24) is 0 Å². The van der Waals surface area contributed by atoms with E-state index in [0.717, 1.165) is 0 Å². The molecule has 1 aromatic rings. The molecule has 0 unspecified atom stereocenters. The first-order valence-electron chi connectivity index (χ1n) is 4.48. The highest BCUT2D eigenvalue weighted by molar-refractivity contribution is 6.13. The number of hydrogen-bond acceptors (Lipinski definition) is 4. The third-order valence-electron chi connectivity index (χ3n) is 2.15. The van der Waals surface area contributed by atoms with Crippen molar-refractivity contribution in [2.45, 2.75) is 13.8 Å². The number of benzene rings is 1. The van der Waals surface area contributed by atoms with Crippen LogP contribution in [0.3, 0.4) is 0 Å². The minimum atomic E-state index is -0.458. The fourth-order valence-corrected chi connectivity index (χ4v) is 1.45. The van der Waals surface area contributed by atoms with Crippen LogP contribution in [0.2, 0.25) is 0 Å². The van der Waals surface area contributed by atoms with Gasteiger partial charge in [-0.05, 0) is 26.0 Å². The summed E-state index contributed by atoms with van der Waals surface area (Å²) in [6, 6.07) is 2.61. The summed E-state index contributed by atoms with van der Waals surface area (Å²) in [5.41, 5.74) is -0.214. The lowest BCUT2D eigenvalue weighted by Gasteiger charge is -2.07. The highest BCUT2D eigenvalue weighted by Gasteiger charge is 2.19. The molecule has 0 amide bonds. The molecule has 2 radical (unpaired) electrons. The molecule has 0 aliphatic heterocycles. The van der Waals surface area contributed by atoms with Crippen molar-refractivity contribution in [2.24, 2.45) is 0 Å². The van der Waals surface area contributed by atoms with Crippen molar-refractivity contribution in [3.8, 4) is 0 Å². The molecular formula is C12H8O4. The Labute approximate surface area is 92.3 Å². The van der Waals surface area contributed by atoms with Gasteiger partial charge in [0, 0.05) is 22.3 Å². The zero-order chi connectivity index (χ0) is 12.3. The molecule has 0 heterocycles. The minimum absolute atomic E-state index is 0.0646. The first-order chi connectivity index (χ1) is 7.52. The van der Waals surface area contributed by atoms with E-state index >= 15 is 0 Å². The summed E-state index contributed by atoms with van der Waals surface area (Å²) < 4.78 is 0. The molecular weight excluding hydrogens is 208 g/mol. The van der Waals surface area contributed by atoms with Gasteiger partial charge in [0.15, 0.2) is 11.6 Å². The molecule has 0 aliphatic carbocycles. The van der Waals surface area contributed by atoms with E-state index < -0.39 is 5.78 Å². The Morgan fingerprint density at radius 2 is 1.62 bits per heavy atom. The minimum Gasteiger partial charge on any atom is -0.294 e. The van der Waals surface area contributed by atoms with E-state index in [1.54, 1.807) is 0 Å². The molecule has 4 nitrogen and oxygen atoms in total. The van der Waals surface area contributed by atoms with Crippen molar-refractivity contribution in [3.05, 3.63) is 34.4 Å². The molecule has 80 valence electrons. The highest BCUT2D eigenvalue weighted by atomic mass is 16.1. The molecule has 16 heavy (non-hydrogen) atoms. The van der Waals surface area contributed by atoms with E-state index in [0.29, 0.717) is 0 Å². The summed E-state index contributed by atoms with van der Waals surface area (Å²) >= 11 is 0. The van der Waals surface area contributed by atoms with Gasteiger partial charge in [-0.1, -0.05) is 0 Å². The number of carbonyl (C=O) groups is 2. The fourth-order valence-electron chi connectivity index (χ4n) is 1.45. The van der Waals surface area contributed by atoms with Gasteiger partial charge in [-0.2, -0.15) is 0 Å². The van der Waals surface area contributed by atoms with E-state index in [9.17, 15) is 19.2 Å². The predicted molar refractivity (Wildman–Crippen MR) is 56.0 cm³/mol. The average molecular weight is 216 g/mol. The van der Waals surface area contributed by atoms with E-state index in [1.807, 2.05) is 0 Å². The molecule has 0 aromatic heterocycles. The molecule has 0 fully saturated rings. The summed E-state index contributed by atoms with van der Waals surface area (Å²) in [5, 5.41) is 0. The largest absolute Gasteiger partial charge is 0.294 e. The van der Waals surface area contributed by atoms with E-state index in [4.69, 9.17) is 0 Å². The second-order valence-electron chi connectivity index (χ2n) is 3.23. The van der Waals surface area contributed by atoms with Gasteiger partial charge in [-0.15, -0.1) is 0 Å². The number of Topliss-reactive ketones (excluding diaryl/α,β-unsaturated/α-hetero) is 2. The number of rotatable bonds is 4. The number of ketones is 2. The third-order valence-corrected chi connectivity index (χ3v) is 2.15. The lowest BCUT2D eigenvalue weighted by molar-refractivity contribution is 0.0980. The van der Waals surface area contributed by atoms with Crippen molar-refractivity contribution in [2.75, 3.05) is 0 Å². The molecule has 1 rings (SSSR count). The molecule has 0 saturated carbocycles. The van der Waals surface area contributed by atoms with Gasteiger partial charge in [0.1, 0.15) is 0 Å². The Hall–Kier alpha value is -2.10. The van der Waals surface area contributed by atoms with Gasteiger partial charge in [0.25, 0.3) is 0 Å². The first-order valence-corrected chi connectivity index (χ1v) is 4.48. The summed E-state index contributed by atoms with van der Waals surface area (Å²) in [6.45, 7) is 2.50. The van der Waals surface area contributed by atoms with Crippen LogP contribution in [-0.4, -0.2) is 24.1 Å². The van der Waals surface area contributed by atoms with E-state index in [2.05, 4.69) is 0 Å². The Morgan fingerprint density at radius 1 is 1.00 bits per heavy atom. The highest BCUT2D eigenvalue weighted by Crippen LogP contribution is 2.18. The molecule has 4 heteroatoms. The molecule has 0 atom stereocenters. The molecule has 0 saturated heterocycles. The van der Waals surface area contributed by atoms with Gasteiger partial charge in [-0.25, -0.2) is 0 Å². The van der Waals surface area contributed by atoms with E-state index in [1.165, 1.54) is 38.6 Å². The van der Waals surface area contributed by atoms with Crippen LogP contribution in [0, 0.1) is 0 Å². The van der Waals surface area contributed by atoms with Gasteiger partial charge in [0.05, 0.1) is 0 Å². The summed E-state index contributed by atoms with van der Waals surface area (Å²) in [5.74, 6) is -0.806. The zero-order valence-electron chi connectivity index (χ0n) is 8.79. The van der Waals surface area contributed by atoms with Crippen molar-refractivity contribution < 1.29 is 19.2 Å². The Morgan fingerprint density at radius 3 is 2.00 bits per heavy atom. The zero-order valence-corrected chi connectivity index (χ0v) is 8.79. The number of hydrogen-bond donors (Lipinski definition) is 0. The maximum Gasteiger partial charge on any atom is 0.235 e. The standard InChI is InChI=1S/C12H8O4/c1-7(15)10-4-3-9(5-13)11(6-14)12(10)8(2)16/h3-4H,1-2H3. The summed E-state index contributed by atoms with van der Waals surface area (Å²) in [4.78, 5) is 43.9. The van der Waals surface area contributed by atoms with Crippen LogP contribution in [0.4, 0.5) is 0 Å². The second kappa shape index (κ2) is 4.61. The SMILES string of the molecule is CC(=O)c1ccc([C]=O)c([C]=O)c1C(C)=O. The molecule has 0 bridgehead atoms. The molecule has 1 aromatic carbocycles. The summed E-state index contributed by atoms with van der Waals surface area (Å²) in [6.07, 6.45) is 3.04. The maximum absolute atomic E-state index is 11.4. The van der Waals surface area contributed by atoms with Gasteiger partial charge in [-0.3, -0.25) is 19.2 Å². The van der Waals surface area contributed by atoms with Gasteiger partial charge < -0.3 is 0 Å². The van der Waals surface area contributed by atoms with E-state index in [-0.39, 0.29) is 28.0 Å². The topological polar surface area (TPSA) is 68.3 Å². The van der Waals surface area contributed by atoms with Crippen LogP contribution in [0.25, 0.3) is 0 Å². The maximum atomic E-state index is 11.4. The van der Waals surface area contributed by atoms with Crippen molar-refractivity contribution in [3.63, 3.8) is 0 Å². The second-order valence-corrected chi connectivity index (χ2v) is 3.23. The number of carbonyl (C=O) groups excluding carboxylic acids is 4. The lowest BCUT2D eigenvalue weighted by Crippen LogP contribution is -2.10. The van der Waals surface area contributed by atoms with Crippen LogP contribution in [0.5, 0.6) is 0 Å². The fraction of sp³-hybridized carbons (Fsp3) is 0.167. The molecule has 0 spiro atoms.